The number of aromatic nitrogens is 4. The normalized spacial score (nSPS) is 11.6. The highest BCUT2D eigenvalue weighted by Gasteiger charge is 2.16. The minimum atomic E-state index is -3.35. The molecule has 0 aliphatic carbocycles. The van der Waals surface area contributed by atoms with Gasteiger partial charge in [0.1, 0.15) is 17.3 Å². The number of aryl methyl sites for hydroxylation is 1. The predicted octanol–water partition coefficient (Wildman–Crippen LogP) is 3.66. The van der Waals surface area contributed by atoms with E-state index in [4.69, 9.17) is 0 Å². The van der Waals surface area contributed by atoms with Crippen molar-refractivity contribution in [2.24, 2.45) is 0 Å². The fourth-order valence-electron chi connectivity index (χ4n) is 3.16. The molecule has 0 spiro atoms. The molecular weight excluding hydrogens is 407 g/mol. The lowest BCUT2D eigenvalue weighted by Gasteiger charge is -2.11. The number of benzene rings is 2. The first-order valence-corrected chi connectivity index (χ1v) is 10.9. The standard InChI is InChI=1S/C20H19FN6O2S/c1-11-6-13(9-14(7-11)30(3,28)29)24-20-23-10-16(19(22-2)25-20)18-15-8-12(21)4-5-17(15)26-27-18/h4-10H,1-3H3,(H,26,27)(H2,22,23,24,25). The first-order valence-electron chi connectivity index (χ1n) is 9.02. The van der Waals surface area contributed by atoms with Gasteiger partial charge in [0.25, 0.3) is 0 Å². The molecule has 0 saturated heterocycles. The summed E-state index contributed by atoms with van der Waals surface area (Å²) in [6, 6.07) is 9.32. The molecule has 0 unspecified atom stereocenters. The van der Waals surface area contributed by atoms with Crippen LogP contribution in [0.2, 0.25) is 0 Å². The minimum Gasteiger partial charge on any atom is -0.372 e. The van der Waals surface area contributed by atoms with E-state index in [1.54, 1.807) is 31.4 Å². The van der Waals surface area contributed by atoms with Crippen molar-refractivity contribution in [2.75, 3.05) is 23.9 Å². The summed E-state index contributed by atoms with van der Waals surface area (Å²) < 4.78 is 37.5. The highest BCUT2D eigenvalue weighted by atomic mass is 32.2. The molecule has 0 fully saturated rings. The van der Waals surface area contributed by atoms with Crippen molar-refractivity contribution in [1.29, 1.82) is 0 Å². The average Bonchev–Trinajstić information content (AvgIpc) is 3.09. The zero-order valence-electron chi connectivity index (χ0n) is 16.5. The lowest BCUT2D eigenvalue weighted by Crippen LogP contribution is -2.04. The van der Waals surface area contributed by atoms with Gasteiger partial charge in [-0.25, -0.2) is 17.8 Å². The molecule has 10 heteroatoms. The van der Waals surface area contributed by atoms with Crippen molar-refractivity contribution in [2.45, 2.75) is 11.8 Å². The van der Waals surface area contributed by atoms with Crippen LogP contribution in [-0.4, -0.2) is 41.9 Å². The van der Waals surface area contributed by atoms with Gasteiger partial charge in [-0.15, -0.1) is 0 Å². The maximum atomic E-state index is 13.7. The Kier molecular flexibility index (Phi) is 4.86. The number of hydrogen-bond donors (Lipinski definition) is 3. The lowest BCUT2D eigenvalue weighted by atomic mass is 10.1. The molecule has 4 aromatic rings. The van der Waals surface area contributed by atoms with E-state index in [1.165, 1.54) is 18.2 Å². The molecule has 0 aliphatic rings. The summed E-state index contributed by atoms with van der Waals surface area (Å²) in [7, 11) is -1.64. The number of halogens is 1. The van der Waals surface area contributed by atoms with E-state index in [9.17, 15) is 12.8 Å². The van der Waals surface area contributed by atoms with Crippen LogP contribution in [0.1, 0.15) is 5.56 Å². The molecule has 2 heterocycles. The van der Waals surface area contributed by atoms with E-state index < -0.39 is 9.84 Å². The second-order valence-electron chi connectivity index (χ2n) is 6.90. The number of sulfone groups is 1. The van der Waals surface area contributed by atoms with Crippen LogP contribution in [0.5, 0.6) is 0 Å². The average molecular weight is 426 g/mol. The molecule has 2 aromatic carbocycles. The topological polar surface area (TPSA) is 113 Å². The molecule has 2 aromatic heterocycles. The maximum Gasteiger partial charge on any atom is 0.229 e. The fourth-order valence-corrected chi connectivity index (χ4v) is 3.90. The van der Waals surface area contributed by atoms with Crippen molar-refractivity contribution in [3.8, 4) is 11.3 Å². The third kappa shape index (κ3) is 3.81. The van der Waals surface area contributed by atoms with E-state index in [1.807, 2.05) is 6.92 Å². The highest BCUT2D eigenvalue weighted by Crippen LogP contribution is 2.32. The number of H-pyrrole nitrogens is 1. The van der Waals surface area contributed by atoms with Gasteiger partial charge in [-0.05, 0) is 48.9 Å². The van der Waals surface area contributed by atoms with Crippen LogP contribution in [0.15, 0.2) is 47.5 Å². The van der Waals surface area contributed by atoms with E-state index in [2.05, 4.69) is 30.8 Å². The van der Waals surface area contributed by atoms with Crippen molar-refractivity contribution in [3.05, 3.63) is 54.0 Å². The molecule has 4 rings (SSSR count). The van der Waals surface area contributed by atoms with Gasteiger partial charge in [-0.1, -0.05) is 0 Å². The minimum absolute atomic E-state index is 0.209. The van der Waals surface area contributed by atoms with Gasteiger partial charge in [0, 0.05) is 30.6 Å². The van der Waals surface area contributed by atoms with Crippen LogP contribution in [0.4, 0.5) is 21.8 Å². The summed E-state index contributed by atoms with van der Waals surface area (Å²) in [4.78, 5) is 9.00. The Bertz CT molecular complexity index is 1370. The van der Waals surface area contributed by atoms with Crippen LogP contribution >= 0.6 is 0 Å². The summed E-state index contributed by atoms with van der Waals surface area (Å²) in [6.45, 7) is 1.81. The largest absolute Gasteiger partial charge is 0.372 e. The lowest BCUT2D eigenvalue weighted by molar-refractivity contribution is 0.602. The number of fused-ring (bicyclic) bond motifs is 1. The maximum absolute atomic E-state index is 13.7. The van der Waals surface area contributed by atoms with Crippen LogP contribution in [-0.2, 0) is 9.84 Å². The van der Waals surface area contributed by atoms with Crippen molar-refractivity contribution in [3.63, 3.8) is 0 Å². The zero-order chi connectivity index (χ0) is 21.5. The molecule has 3 N–H and O–H groups in total. The Morgan fingerprint density at radius 2 is 1.93 bits per heavy atom. The van der Waals surface area contributed by atoms with Crippen LogP contribution in [0, 0.1) is 12.7 Å². The first-order chi connectivity index (χ1) is 14.2. The van der Waals surface area contributed by atoms with Gasteiger partial charge in [0.05, 0.1) is 16.0 Å². The van der Waals surface area contributed by atoms with Crippen molar-refractivity contribution < 1.29 is 12.8 Å². The number of nitrogens with one attached hydrogen (secondary N) is 3. The molecule has 0 amide bonds. The number of hydrogen-bond acceptors (Lipinski definition) is 7. The molecule has 0 aliphatic heterocycles. The highest BCUT2D eigenvalue weighted by molar-refractivity contribution is 7.90. The van der Waals surface area contributed by atoms with E-state index >= 15 is 0 Å². The summed E-state index contributed by atoms with van der Waals surface area (Å²) in [5.74, 6) is 0.400. The molecule has 0 bridgehead atoms. The second kappa shape index (κ2) is 7.38. The van der Waals surface area contributed by atoms with Gasteiger partial charge in [-0.3, -0.25) is 5.10 Å². The van der Waals surface area contributed by atoms with E-state index in [0.717, 1.165) is 11.8 Å². The second-order valence-corrected chi connectivity index (χ2v) is 8.92. The van der Waals surface area contributed by atoms with Gasteiger partial charge >= 0.3 is 0 Å². The summed E-state index contributed by atoms with van der Waals surface area (Å²) in [6.07, 6.45) is 2.74. The Balaban J connectivity index is 1.73. The van der Waals surface area contributed by atoms with Gasteiger partial charge in [0.15, 0.2) is 9.84 Å². The van der Waals surface area contributed by atoms with E-state index in [-0.39, 0.29) is 16.7 Å². The molecule has 0 saturated carbocycles. The molecule has 8 nitrogen and oxygen atoms in total. The fraction of sp³-hybridized carbons (Fsp3) is 0.150. The first kappa shape index (κ1) is 19.8. The van der Waals surface area contributed by atoms with Gasteiger partial charge in [0.2, 0.25) is 5.95 Å². The molecule has 0 atom stereocenters. The number of anilines is 3. The van der Waals surface area contributed by atoms with Crippen LogP contribution < -0.4 is 10.6 Å². The molecule has 154 valence electrons. The third-order valence-corrected chi connectivity index (χ3v) is 5.63. The summed E-state index contributed by atoms with van der Waals surface area (Å²) in [5, 5.41) is 13.8. The molecule has 0 radical (unpaired) electrons. The van der Waals surface area contributed by atoms with Gasteiger partial charge in [-0.2, -0.15) is 10.1 Å². The summed E-state index contributed by atoms with van der Waals surface area (Å²) >= 11 is 0. The predicted molar refractivity (Wildman–Crippen MR) is 114 cm³/mol. The van der Waals surface area contributed by atoms with Crippen molar-refractivity contribution >= 4 is 38.2 Å². The Morgan fingerprint density at radius 3 is 2.67 bits per heavy atom. The number of nitrogens with zero attached hydrogens (tertiary/aromatic N) is 3. The number of aromatic amines is 1. The summed E-state index contributed by atoms with van der Waals surface area (Å²) in [5.41, 5.74) is 3.16. The zero-order valence-corrected chi connectivity index (χ0v) is 17.3. The SMILES string of the molecule is CNc1nc(Nc2cc(C)cc(S(C)(=O)=O)c2)ncc1-c1n[nH]c2ccc(F)cc12. The number of rotatable bonds is 5. The molecular formula is C20H19FN6O2S. The van der Waals surface area contributed by atoms with E-state index in [0.29, 0.717) is 33.7 Å². The quantitative estimate of drug-likeness (QED) is 0.446. The Hall–Kier alpha value is -3.53. The monoisotopic (exact) mass is 426 g/mol. The Labute approximate surface area is 172 Å². The molecule has 30 heavy (non-hydrogen) atoms. The Morgan fingerprint density at radius 1 is 1.13 bits per heavy atom. The van der Waals surface area contributed by atoms with Crippen molar-refractivity contribution in [1.82, 2.24) is 20.2 Å². The van der Waals surface area contributed by atoms with Crippen LogP contribution in [0.3, 0.4) is 0 Å². The smallest absolute Gasteiger partial charge is 0.229 e. The van der Waals surface area contributed by atoms with Crippen LogP contribution in [0.25, 0.3) is 22.2 Å². The third-order valence-electron chi connectivity index (χ3n) is 4.54. The van der Waals surface area contributed by atoms with Gasteiger partial charge < -0.3 is 10.6 Å².